The van der Waals surface area contributed by atoms with Gasteiger partial charge in [-0.1, -0.05) is 12.1 Å². The molecule has 1 amide bonds. The zero-order valence-electron chi connectivity index (χ0n) is 8.53. The number of hydrogen-bond acceptors (Lipinski definition) is 1. The molecule has 0 radical (unpaired) electrons. The molecule has 0 aliphatic heterocycles. The van der Waals surface area contributed by atoms with Crippen LogP contribution in [0.3, 0.4) is 0 Å². The lowest BCUT2D eigenvalue weighted by molar-refractivity contribution is -0.115. The van der Waals surface area contributed by atoms with Crippen molar-refractivity contribution in [2.24, 2.45) is 0 Å². The predicted molar refractivity (Wildman–Crippen MR) is 59.5 cm³/mol. The van der Waals surface area contributed by atoms with E-state index in [1.165, 1.54) is 12.1 Å². The first-order valence-corrected chi connectivity index (χ1v) is 4.92. The number of H-pyrrole nitrogens is 1. The van der Waals surface area contributed by atoms with Crippen LogP contribution in [0, 0.1) is 5.82 Å². The summed E-state index contributed by atoms with van der Waals surface area (Å²) >= 11 is 0. The van der Waals surface area contributed by atoms with Crippen LogP contribution < -0.4 is 5.32 Å². The van der Waals surface area contributed by atoms with Gasteiger partial charge in [-0.05, 0) is 24.3 Å². The number of carbonyl (C=O) groups excluding carboxylic acids is 1. The highest BCUT2D eigenvalue weighted by Crippen LogP contribution is 2.12. The SMILES string of the molecule is O=C(Cc1ccc[nH]1)Nc1ccccc1F. The van der Waals surface area contributed by atoms with E-state index in [0.717, 1.165) is 5.69 Å². The first-order chi connectivity index (χ1) is 7.75. The Morgan fingerprint density at radius 1 is 1.25 bits per heavy atom. The molecule has 4 heteroatoms. The maximum absolute atomic E-state index is 13.2. The van der Waals surface area contributed by atoms with Gasteiger partial charge in [-0.15, -0.1) is 0 Å². The Morgan fingerprint density at radius 3 is 2.75 bits per heavy atom. The number of halogens is 1. The van der Waals surface area contributed by atoms with Crippen LogP contribution in [0.15, 0.2) is 42.6 Å². The summed E-state index contributed by atoms with van der Waals surface area (Å²) in [5.74, 6) is -0.671. The van der Waals surface area contributed by atoms with Crippen LogP contribution in [0.25, 0.3) is 0 Å². The van der Waals surface area contributed by atoms with Gasteiger partial charge in [0.1, 0.15) is 5.82 Å². The summed E-state index contributed by atoms with van der Waals surface area (Å²) in [6.07, 6.45) is 1.95. The van der Waals surface area contributed by atoms with Crippen molar-refractivity contribution in [1.29, 1.82) is 0 Å². The van der Waals surface area contributed by atoms with Gasteiger partial charge in [-0.25, -0.2) is 4.39 Å². The lowest BCUT2D eigenvalue weighted by atomic mass is 10.2. The molecular weight excluding hydrogens is 207 g/mol. The number of rotatable bonds is 3. The van der Waals surface area contributed by atoms with Crippen molar-refractivity contribution in [3.63, 3.8) is 0 Å². The van der Waals surface area contributed by atoms with Gasteiger partial charge in [0.15, 0.2) is 0 Å². The van der Waals surface area contributed by atoms with Gasteiger partial charge in [0.05, 0.1) is 12.1 Å². The second kappa shape index (κ2) is 4.61. The number of para-hydroxylation sites is 1. The highest BCUT2D eigenvalue weighted by molar-refractivity contribution is 5.92. The maximum atomic E-state index is 13.2. The standard InChI is InChI=1S/C12H11FN2O/c13-10-5-1-2-6-11(10)15-12(16)8-9-4-3-7-14-9/h1-7,14H,8H2,(H,15,16). The highest BCUT2D eigenvalue weighted by Gasteiger charge is 2.07. The second-order valence-electron chi connectivity index (χ2n) is 3.40. The van der Waals surface area contributed by atoms with E-state index in [1.807, 2.05) is 6.07 Å². The Kier molecular flexibility index (Phi) is 3.00. The first kappa shape index (κ1) is 10.4. The smallest absolute Gasteiger partial charge is 0.230 e. The van der Waals surface area contributed by atoms with Crippen molar-refractivity contribution in [3.8, 4) is 0 Å². The Morgan fingerprint density at radius 2 is 2.06 bits per heavy atom. The molecular formula is C12H11FN2O. The van der Waals surface area contributed by atoms with Crippen LogP contribution in [0.5, 0.6) is 0 Å². The number of carbonyl (C=O) groups is 1. The van der Waals surface area contributed by atoms with Crippen molar-refractivity contribution < 1.29 is 9.18 Å². The fourth-order valence-electron chi connectivity index (χ4n) is 1.41. The third-order valence-corrected chi connectivity index (χ3v) is 2.16. The minimum absolute atomic E-state index is 0.207. The summed E-state index contributed by atoms with van der Waals surface area (Å²) in [5.41, 5.74) is 1.01. The summed E-state index contributed by atoms with van der Waals surface area (Å²) in [5, 5.41) is 2.51. The molecule has 3 nitrogen and oxygen atoms in total. The summed E-state index contributed by atoms with van der Waals surface area (Å²) in [6, 6.07) is 9.71. The second-order valence-corrected chi connectivity index (χ2v) is 3.40. The van der Waals surface area contributed by atoms with Crippen LogP contribution in [0.2, 0.25) is 0 Å². The molecule has 0 aliphatic carbocycles. The van der Waals surface area contributed by atoms with Gasteiger partial charge in [-0.3, -0.25) is 4.79 Å². The third kappa shape index (κ3) is 2.48. The van der Waals surface area contributed by atoms with Crippen molar-refractivity contribution in [1.82, 2.24) is 4.98 Å². The molecule has 0 saturated carbocycles. The van der Waals surface area contributed by atoms with Gasteiger partial charge in [-0.2, -0.15) is 0 Å². The number of nitrogens with one attached hydrogen (secondary N) is 2. The summed E-state index contributed by atoms with van der Waals surface area (Å²) in [7, 11) is 0. The van der Waals surface area contributed by atoms with Crippen molar-refractivity contribution >= 4 is 11.6 Å². The summed E-state index contributed by atoms with van der Waals surface area (Å²) in [6.45, 7) is 0. The minimum atomic E-state index is -0.428. The molecule has 16 heavy (non-hydrogen) atoms. The van der Waals surface area contributed by atoms with Crippen LogP contribution in [-0.2, 0) is 11.2 Å². The molecule has 0 atom stereocenters. The van der Waals surface area contributed by atoms with E-state index in [1.54, 1.807) is 24.4 Å². The van der Waals surface area contributed by atoms with Crippen molar-refractivity contribution in [3.05, 3.63) is 54.1 Å². The number of hydrogen-bond donors (Lipinski definition) is 2. The predicted octanol–water partition coefficient (Wildman–Crippen LogP) is 2.33. The zero-order chi connectivity index (χ0) is 11.4. The van der Waals surface area contributed by atoms with E-state index in [9.17, 15) is 9.18 Å². The van der Waals surface area contributed by atoms with Crippen LogP contribution in [0.1, 0.15) is 5.69 Å². The molecule has 0 fully saturated rings. The quantitative estimate of drug-likeness (QED) is 0.816. The monoisotopic (exact) mass is 218 g/mol. The number of aromatic nitrogens is 1. The molecule has 0 saturated heterocycles. The third-order valence-electron chi connectivity index (χ3n) is 2.16. The van der Waals surface area contributed by atoms with Crippen LogP contribution >= 0.6 is 0 Å². The van der Waals surface area contributed by atoms with E-state index in [-0.39, 0.29) is 18.0 Å². The minimum Gasteiger partial charge on any atom is -0.365 e. The van der Waals surface area contributed by atoms with Gasteiger partial charge < -0.3 is 10.3 Å². The molecule has 0 aliphatic rings. The number of amides is 1. The molecule has 82 valence electrons. The lowest BCUT2D eigenvalue weighted by Crippen LogP contribution is -2.15. The number of aromatic amines is 1. The van der Waals surface area contributed by atoms with Gasteiger partial charge >= 0.3 is 0 Å². The zero-order valence-corrected chi connectivity index (χ0v) is 8.53. The van der Waals surface area contributed by atoms with Crippen molar-refractivity contribution in [2.75, 3.05) is 5.32 Å². The van der Waals surface area contributed by atoms with Crippen LogP contribution in [0.4, 0.5) is 10.1 Å². The molecule has 1 aromatic carbocycles. The number of benzene rings is 1. The fourth-order valence-corrected chi connectivity index (χ4v) is 1.41. The average molecular weight is 218 g/mol. The Balaban J connectivity index is 2.00. The molecule has 0 bridgehead atoms. The Bertz CT molecular complexity index is 480. The van der Waals surface area contributed by atoms with Crippen molar-refractivity contribution in [2.45, 2.75) is 6.42 Å². The first-order valence-electron chi connectivity index (χ1n) is 4.92. The summed E-state index contributed by atoms with van der Waals surface area (Å²) in [4.78, 5) is 14.4. The molecule has 0 spiro atoms. The van der Waals surface area contributed by atoms with Crippen LogP contribution in [-0.4, -0.2) is 10.9 Å². The van der Waals surface area contributed by atoms with E-state index in [0.29, 0.717) is 0 Å². The average Bonchev–Trinajstić information content (AvgIpc) is 2.74. The summed E-state index contributed by atoms with van der Waals surface area (Å²) < 4.78 is 13.2. The molecule has 2 rings (SSSR count). The Labute approximate surface area is 92.3 Å². The fraction of sp³-hybridized carbons (Fsp3) is 0.0833. The van der Waals surface area contributed by atoms with Gasteiger partial charge in [0.25, 0.3) is 0 Å². The molecule has 1 aromatic heterocycles. The molecule has 2 aromatic rings. The van der Waals surface area contributed by atoms with Gasteiger partial charge in [0.2, 0.25) is 5.91 Å². The molecule has 2 N–H and O–H groups in total. The molecule has 1 heterocycles. The van der Waals surface area contributed by atoms with Gasteiger partial charge in [0, 0.05) is 11.9 Å². The van der Waals surface area contributed by atoms with E-state index in [4.69, 9.17) is 0 Å². The van der Waals surface area contributed by atoms with E-state index >= 15 is 0 Å². The molecule has 0 unspecified atom stereocenters. The Hall–Kier alpha value is -2.10. The highest BCUT2D eigenvalue weighted by atomic mass is 19.1. The lowest BCUT2D eigenvalue weighted by Gasteiger charge is -2.04. The number of anilines is 1. The van der Waals surface area contributed by atoms with E-state index < -0.39 is 5.82 Å². The maximum Gasteiger partial charge on any atom is 0.230 e. The topological polar surface area (TPSA) is 44.9 Å². The largest absolute Gasteiger partial charge is 0.365 e. The van der Waals surface area contributed by atoms with E-state index in [2.05, 4.69) is 10.3 Å². The normalized spacial score (nSPS) is 10.1.